The van der Waals surface area contributed by atoms with E-state index in [0.29, 0.717) is 12.4 Å². The molecule has 2 atom stereocenters. The molecule has 0 spiro atoms. The van der Waals surface area contributed by atoms with Crippen LogP contribution in [0.25, 0.3) is 0 Å². The molecule has 1 aliphatic rings. The van der Waals surface area contributed by atoms with E-state index in [2.05, 4.69) is 0 Å². The van der Waals surface area contributed by atoms with E-state index < -0.39 is 12.1 Å². The summed E-state index contributed by atoms with van der Waals surface area (Å²) in [6, 6.07) is 5.80. The maximum Gasteiger partial charge on any atom is 0.335 e. The second kappa shape index (κ2) is 8.70. The zero-order valence-corrected chi connectivity index (χ0v) is 12.6. The molecule has 1 saturated heterocycles. The summed E-state index contributed by atoms with van der Waals surface area (Å²) < 4.78 is 34.1. The number of rotatable bonds is 8. The number of halogens is 1. The van der Waals surface area contributed by atoms with Crippen LogP contribution in [0.4, 0.5) is 4.39 Å². The Morgan fingerprint density at radius 2 is 2.32 bits per heavy atom. The van der Waals surface area contributed by atoms with Gasteiger partial charge in [0.1, 0.15) is 24.8 Å². The lowest BCUT2D eigenvalue weighted by Gasteiger charge is -2.15. The van der Waals surface area contributed by atoms with Crippen LogP contribution in [0.2, 0.25) is 0 Å². The third-order valence-electron chi connectivity index (χ3n) is 3.28. The van der Waals surface area contributed by atoms with E-state index in [1.165, 1.54) is 12.1 Å². The number of hydrogen-bond acceptors (Lipinski definition) is 5. The van der Waals surface area contributed by atoms with Crippen LogP contribution in [0, 0.1) is 5.82 Å². The number of benzene rings is 1. The van der Waals surface area contributed by atoms with Crippen molar-refractivity contribution >= 4 is 5.97 Å². The molecular weight excluding hydrogens is 291 g/mol. The first kappa shape index (κ1) is 16.7. The van der Waals surface area contributed by atoms with Crippen molar-refractivity contribution < 1.29 is 28.1 Å². The van der Waals surface area contributed by atoms with Gasteiger partial charge in [-0.05, 0) is 31.9 Å². The highest BCUT2D eigenvalue weighted by molar-refractivity contribution is 5.74. The fourth-order valence-electron chi connectivity index (χ4n) is 2.07. The Balaban J connectivity index is 1.58. The molecule has 0 amide bonds. The monoisotopic (exact) mass is 312 g/mol. The minimum absolute atomic E-state index is 0.0755. The molecule has 2 unspecified atom stereocenters. The van der Waals surface area contributed by atoms with Gasteiger partial charge in [-0.2, -0.15) is 0 Å². The maximum atomic E-state index is 12.9. The minimum atomic E-state index is -0.640. The standard InChI is InChI=1S/C16H21FO5/c1-12(22-11-15-6-3-7-19-15)16(18)21-9-8-20-14-5-2-4-13(17)10-14/h2,4-5,10,12,15H,3,6-9,11H2,1H3. The van der Waals surface area contributed by atoms with Gasteiger partial charge in [-0.25, -0.2) is 9.18 Å². The molecule has 1 aromatic rings. The molecular formula is C16H21FO5. The second-order valence-electron chi connectivity index (χ2n) is 5.08. The van der Waals surface area contributed by atoms with E-state index in [-0.39, 0.29) is 25.1 Å². The number of esters is 1. The van der Waals surface area contributed by atoms with Gasteiger partial charge in [-0.3, -0.25) is 0 Å². The largest absolute Gasteiger partial charge is 0.490 e. The van der Waals surface area contributed by atoms with Gasteiger partial charge >= 0.3 is 5.97 Å². The SMILES string of the molecule is CC(OCC1CCCO1)C(=O)OCCOc1cccc(F)c1. The Morgan fingerprint density at radius 3 is 3.05 bits per heavy atom. The van der Waals surface area contributed by atoms with E-state index >= 15 is 0 Å². The zero-order valence-electron chi connectivity index (χ0n) is 12.6. The number of hydrogen-bond donors (Lipinski definition) is 0. The second-order valence-corrected chi connectivity index (χ2v) is 5.08. The summed E-state index contributed by atoms with van der Waals surface area (Å²) in [6.45, 7) is 3.04. The van der Waals surface area contributed by atoms with Crippen molar-refractivity contribution in [3.63, 3.8) is 0 Å². The summed E-state index contributed by atoms with van der Waals surface area (Å²) in [6.07, 6.45) is 1.43. The molecule has 1 aromatic carbocycles. The smallest absolute Gasteiger partial charge is 0.335 e. The predicted molar refractivity (Wildman–Crippen MR) is 77.2 cm³/mol. The van der Waals surface area contributed by atoms with Gasteiger partial charge in [0, 0.05) is 12.7 Å². The highest BCUT2D eigenvalue weighted by Gasteiger charge is 2.20. The van der Waals surface area contributed by atoms with Crippen molar-refractivity contribution in [3.05, 3.63) is 30.1 Å². The average Bonchev–Trinajstić information content (AvgIpc) is 3.02. The average molecular weight is 312 g/mol. The summed E-state index contributed by atoms with van der Waals surface area (Å²) >= 11 is 0. The van der Waals surface area contributed by atoms with Crippen LogP contribution in [0.3, 0.4) is 0 Å². The molecule has 6 heteroatoms. The van der Waals surface area contributed by atoms with E-state index in [0.717, 1.165) is 19.4 Å². The topological polar surface area (TPSA) is 54.0 Å². The predicted octanol–water partition coefficient (Wildman–Crippen LogP) is 2.33. The maximum absolute atomic E-state index is 12.9. The lowest BCUT2D eigenvalue weighted by Crippen LogP contribution is -2.28. The van der Waals surface area contributed by atoms with Gasteiger partial charge < -0.3 is 18.9 Å². The molecule has 122 valence electrons. The minimum Gasteiger partial charge on any atom is -0.490 e. The van der Waals surface area contributed by atoms with Crippen LogP contribution < -0.4 is 4.74 Å². The molecule has 1 heterocycles. The molecule has 0 aromatic heterocycles. The number of carbonyl (C=O) groups is 1. The van der Waals surface area contributed by atoms with Crippen LogP contribution in [0.1, 0.15) is 19.8 Å². The van der Waals surface area contributed by atoms with Crippen molar-refractivity contribution in [1.29, 1.82) is 0 Å². The Bertz CT molecular complexity index is 473. The summed E-state index contributed by atoms with van der Waals surface area (Å²) in [5.74, 6) is -0.412. The van der Waals surface area contributed by atoms with Crippen molar-refractivity contribution in [2.45, 2.75) is 32.0 Å². The summed E-state index contributed by atoms with van der Waals surface area (Å²) in [7, 11) is 0. The first-order valence-electron chi connectivity index (χ1n) is 7.43. The third-order valence-corrected chi connectivity index (χ3v) is 3.28. The van der Waals surface area contributed by atoms with Gasteiger partial charge in [-0.15, -0.1) is 0 Å². The number of carbonyl (C=O) groups excluding carboxylic acids is 1. The molecule has 0 radical (unpaired) electrons. The van der Waals surface area contributed by atoms with Crippen LogP contribution in [0.15, 0.2) is 24.3 Å². The quantitative estimate of drug-likeness (QED) is 0.545. The normalized spacial score (nSPS) is 18.9. The lowest BCUT2D eigenvalue weighted by atomic mass is 10.2. The fourth-order valence-corrected chi connectivity index (χ4v) is 2.07. The van der Waals surface area contributed by atoms with Crippen molar-refractivity contribution in [3.8, 4) is 5.75 Å². The van der Waals surface area contributed by atoms with E-state index in [1.807, 2.05) is 0 Å². The van der Waals surface area contributed by atoms with Gasteiger partial charge in [0.2, 0.25) is 0 Å². The fraction of sp³-hybridized carbons (Fsp3) is 0.562. The van der Waals surface area contributed by atoms with Crippen molar-refractivity contribution in [2.24, 2.45) is 0 Å². The Hall–Kier alpha value is -1.66. The first-order chi connectivity index (χ1) is 10.6. The summed E-state index contributed by atoms with van der Waals surface area (Å²) in [4.78, 5) is 11.7. The molecule has 22 heavy (non-hydrogen) atoms. The molecule has 0 N–H and O–H groups in total. The van der Waals surface area contributed by atoms with Gasteiger partial charge in [0.15, 0.2) is 6.10 Å². The Kier molecular flexibility index (Phi) is 6.61. The van der Waals surface area contributed by atoms with Gasteiger partial charge in [0.05, 0.1) is 12.7 Å². The van der Waals surface area contributed by atoms with Gasteiger partial charge in [-0.1, -0.05) is 6.07 Å². The van der Waals surface area contributed by atoms with Gasteiger partial charge in [0.25, 0.3) is 0 Å². The molecule has 0 bridgehead atoms. The van der Waals surface area contributed by atoms with E-state index in [9.17, 15) is 9.18 Å². The van der Waals surface area contributed by atoms with Crippen LogP contribution in [0.5, 0.6) is 5.75 Å². The summed E-state index contributed by atoms with van der Waals surface area (Å²) in [5.41, 5.74) is 0. The zero-order chi connectivity index (χ0) is 15.8. The van der Waals surface area contributed by atoms with Crippen LogP contribution in [-0.4, -0.2) is 44.6 Å². The first-order valence-corrected chi connectivity index (χ1v) is 7.43. The highest BCUT2D eigenvalue weighted by Crippen LogP contribution is 2.13. The van der Waals surface area contributed by atoms with E-state index in [4.69, 9.17) is 18.9 Å². The van der Waals surface area contributed by atoms with E-state index in [1.54, 1.807) is 19.1 Å². The molecule has 0 saturated carbocycles. The number of ether oxygens (including phenoxy) is 4. The molecule has 0 aliphatic carbocycles. The molecule has 2 rings (SSSR count). The van der Waals surface area contributed by atoms with Crippen molar-refractivity contribution in [2.75, 3.05) is 26.4 Å². The summed E-state index contributed by atoms with van der Waals surface area (Å²) in [5, 5.41) is 0. The Morgan fingerprint density at radius 1 is 1.45 bits per heavy atom. The molecule has 1 aliphatic heterocycles. The molecule has 1 fully saturated rings. The lowest BCUT2D eigenvalue weighted by molar-refractivity contribution is -0.158. The van der Waals surface area contributed by atoms with Crippen molar-refractivity contribution in [1.82, 2.24) is 0 Å². The highest BCUT2D eigenvalue weighted by atomic mass is 19.1. The van der Waals surface area contributed by atoms with Crippen LogP contribution >= 0.6 is 0 Å². The Labute approximate surface area is 129 Å². The van der Waals surface area contributed by atoms with Crippen LogP contribution in [-0.2, 0) is 19.0 Å². The molecule has 5 nitrogen and oxygen atoms in total. The third kappa shape index (κ3) is 5.61.